The number of methoxy groups -OCH3 is 3. The van der Waals surface area contributed by atoms with E-state index in [9.17, 15) is 25.2 Å². The lowest BCUT2D eigenvalue weighted by atomic mass is 9.97. The smallest absolute Gasteiger partial charge is 0.261 e. The van der Waals surface area contributed by atoms with E-state index in [1.54, 1.807) is 20.8 Å². The molecule has 1 aromatic rings. The van der Waals surface area contributed by atoms with Gasteiger partial charge in [-0.15, -0.1) is 0 Å². The topological polar surface area (TPSA) is 153 Å². The van der Waals surface area contributed by atoms with Crippen molar-refractivity contribution in [2.24, 2.45) is 0 Å². The molecule has 36 heavy (non-hydrogen) atoms. The summed E-state index contributed by atoms with van der Waals surface area (Å²) >= 11 is 2.86. The molecule has 2 saturated heterocycles. The van der Waals surface area contributed by atoms with Gasteiger partial charge in [0.05, 0.1) is 46.9 Å². The zero-order valence-corrected chi connectivity index (χ0v) is 23.9. The van der Waals surface area contributed by atoms with Crippen LogP contribution < -0.4 is 14.2 Å². The number of hydrogen-bond acceptors (Lipinski definition) is 12. The second kappa shape index (κ2) is 11.9. The number of carbonyl (C=O) groups is 1. The van der Waals surface area contributed by atoms with Crippen molar-refractivity contribution < 1.29 is 53.6 Å². The number of hydrogen-bond donors (Lipinski definition) is 4. The highest BCUT2D eigenvalue weighted by atomic mass is 127. The summed E-state index contributed by atoms with van der Waals surface area (Å²) in [6, 6.07) is 0. The minimum absolute atomic E-state index is 0.00910. The molecular formula is C23H33IO11S. The van der Waals surface area contributed by atoms with E-state index in [0.29, 0.717) is 9.13 Å². The van der Waals surface area contributed by atoms with Gasteiger partial charge in [0.1, 0.15) is 12.7 Å². The molecule has 11 nitrogen and oxygen atoms in total. The van der Waals surface area contributed by atoms with E-state index in [0.717, 1.165) is 11.8 Å². The van der Waals surface area contributed by atoms with Crippen molar-refractivity contribution in [3.8, 4) is 17.2 Å². The maximum atomic E-state index is 13.5. The van der Waals surface area contributed by atoms with Gasteiger partial charge in [-0.3, -0.25) is 4.79 Å². The van der Waals surface area contributed by atoms with E-state index in [4.69, 9.17) is 28.4 Å². The largest absolute Gasteiger partial charge is 0.492 e. The first-order valence-electron chi connectivity index (χ1n) is 11.3. The maximum Gasteiger partial charge on any atom is 0.261 e. The molecule has 0 aromatic heterocycles. The van der Waals surface area contributed by atoms with Crippen LogP contribution in [0.2, 0.25) is 0 Å². The van der Waals surface area contributed by atoms with Crippen molar-refractivity contribution in [2.45, 2.75) is 75.0 Å². The Morgan fingerprint density at radius 1 is 1.08 bits per heavy atom. The van der Waals surface area contributed by atoms with Crippen molar-refractivity contribution in [2.75, 3.05) is 27.9 Å². The van der Waals surface area contributed by atoms with E-state index in [-0.39, 0.29) is 35.8 Å². The number of thioether (sulfide) groups is 1. The van der Waals surface area contributed by atoms with Crippen LogP contribution in [0.4, 0.5) is 0 Å². The van der Waals surface area contributed by atoms with Gasteiger partial charge in [-0.05, 0) is 48.9 Å². The normalized spacial score (nSPS) is 34.8. The highest BCUT2D eigenvalue weighted by Crippen LogP contribution is 2.49. The zero-order valence-electron chi connectivity index (χ0n) is 20.9. The van der Waals surface area contributed by atoms with Crippen LogP contribution in [0.3, 0.4) is 0 Å². The Bertz CT molecular complexity index is 951. The van der Waals surface area contributed by atoms with Crippen LogP contribution >= 0.6 is 34.4 Å². The number of aliphatic hydroxyl groups excluding tert-OH is 3. The lowest BCUT2D eigenvalue weighted by Gasteiger charge is -2.43. The summed E-state index contributed by atoms with van der Waals surface area (Å²) in [5, 5.41) is 40.9. The minimum Gasteiger partial charge on any atom is -0.492 e. The van der Waals surface area contributed by atoms with Gasteiger partial charge in [-0.1, -0.05) is 11.8 Å². The van der Waals surface area contributed by atoms with E-state index >= 15 is 0 Å². The van der Waals surface area contributed by atoms with Gasteiger partial charge in [-0.2, -0.15) is 0 Å². The Hall–Kier alpha value is -0.910. The number of benzene rings is 1. The van der Waals surface area contributed by atoms with Crippen molar-refractivity contribution in [1.29, 1.82) is 0 Å². The second-order valence-corrected chi connectivity index (χ2v) is 11.0. The van der Waals surface area contributed by atoms with Crippen LogP contribution in [0.15, 0.2) is 0 Å². The fraction of sp³-hybridized carbons (Fsp3) is 0.696. The van der Waals surface area contributed by atoms with Crippen LogP contribution in [0.1, 0.15) is 36.2 Å². The van der Waals surface area contributed by atoms with E-state index in [2.05, 4.69) is 0 Å². The molecule has 8 unspecified atom stereocenters. The number of ether oxygens (including phenoxy) is 6. The molecule has 0 radical (unpaired) electrons. The molecule has 2 aliphatic heterocycles. The predicted octanol–water partition coefficient (Wildman–Crippen LogP) is 1.21. The molecular weight excluding hydrogens is 611 g/mol. The summed E-state index contributed by atoms with van der Waals surface area (Å²) in [5.41, 5.74) is 0.688. The van der Waals surface area contributed by atoms with Crippen molar-refractivity contribution in [3.05, 3.63) is 14.7 Å². The summed E-state index contributed by atoms with van der Waals surface area (Å²) in [5.74, 6) is -1.85. The molecule has 13 heteroatoms. The molecule has 0 aliphatic carbocycles. The third kappa shape index (κ3) is 5.59. The number of aliphatic hydroxyl groups is 4. The molecule has 0 amide bonds. The molecule has 2 heterocycles. The monoisotopic (exact) mass is 644 g/mol. The third-order valence-electron chi connectivity index (χ3n) is 6.38. The van der Waals surface area contributed by atoms with Crippen LogP contribution in [-0.4, -0.2) is 101 Å². The Morgan fingerprint density at radius 2 is 1.72 bits per heavy atom. The second-order valence-electron chi connectivity index (χ2n) is 8.79. The maximum absolute atomic E-state index is 13.5. The Kier molecular flexibility index (Phi) is 9.77. The van der Waals surface area contributed by atoms with E-state index in [1.165, 1.54) is 21.3 Å². The molecule has 2 aliphatic rings. The molecule has 0 spiro atoms. The van der Waals surface area contributed by atoms with E-state index in [1.807, 2.05) is 22.6 Å². The summed E-state index contributed by atoms with van der Waals surface area (Å²) in [4.78, 5) is 13.5. The SMILES string of the molecule is COc1c(OC2(O)COC(C)C(O)C2OC)c(I)c(C)c(C(=O)SC2C(O)CC(O)OC2C)c1OC. The minimum atomic E-state index is -2.06. The Labute approximate surface area is 227 Å². The van der Waals surface area contributed by atoms with Gasteiger partial charge < -0.3 is 48.8 Å². The van der Waals surface area contributed by atoms with Crippen molar-refractivity contribution in [1.82, 2.24) is 0 Å². The van der Waals surface area contributed by atoms with Gasteiger partial charge in [0.25, 0.3) is 5.79 Å². The summed E-state index contributed by atoms with van der Waals surface area (Å²) in [7, 11) is 4.08. The molecule has 2 fully saturated rings. The Balaban J connectivity index is 2.02. The zero-order chi connectivity index (χ0) is 26.9. The predicted molar refractivity (Wildman–Crippen MR) is 138 cm³/mol. The molecule has 8 atom stereocenters. The first-order valence-corrected chi connectivity index (χ1v) is 13.3. The van der Waals surface area contributed by atoms with Crippen LogP contribution in [0.5, 0.6) is 17.2 Å². The molecule has 4 N–H and O–H groups in total. The van der Waals surface area contributed by atoms with Crippen molar-refractivity contribution in [3.63, 3.8) is 0 Å². The fourth-order valence-electron chi connectivity index (χ4n) is 4.41. The summed E-state index contributed by atoms with van der Waals surface area (Å²) < 4.78 is 33.8. The molecule has 0 bridgehead atoms. The lowest BCUT2D eigenvalue weighted by Crippen LogP contribution is -2.64. The van der Waals surface area contributed by atoms with Crippen LogP contribution in [-0.2, 0) is 14.2 Å². The van der Waals surface area contributed by atoms with Gasteiger partial charge >= 0.3 is 0 Å². The Morgan fingerprint density at radius 3 is 2.28 bits per heavy atom. The summed E-state index contributed by atoms with van der Waals surface area (Å²) in [6.07, 6.45) is -5.51. The highest BCUT2D eigenvalue weighted by Gasteiger charge is 2.51. The van der Waals surface area contributed by atoms with Gasteiger partial charge in [0.15, 0.2) is 23.9 Å². The molecule has 204 valence electrons. The number of rotatable bonds is 7. The highest BCUT2D eigenvalue weighted by molar-refractivity contribution is 14.1. The average molecular weight is 644 g/mol. The van der Waals surface area contributed by atoms with E-state index < -0.39 is 53.0 Å². The van der Waals surface area contributed by atoms with Crippen LogP contribution in [0, 0.1) is 10.5 Å². The van der Waals surface area contributed by atoms with Gasteiger partial charge in [0, 0.05) is 13.5 Å². The average Bonchev–Trinajstić information content (AvgIpc) is 2.82. The van der Waals surface area contributed by atoms with Gasteiger partial charge in [-0.25, -0.2) is 0 Å². The first kappa shape index (κ1) is 29.6. The van der Waals surface area contributed by atoms with Crippen LogP contribution in [0.25, 0.3) is 0 Å². The number of halogens is 1. The third-order valence-corrected chi connectivity index (χ3v) is 9.06. The quantitative estimate of drug-likeness (QED) is 0.249. The fourth-order valence-corrected chi connectivity index (χ4v) is 6.17. The first-order chi connectivity index (χ1) is 16.9. The van der Waals surface area contributed by atoms with Gasteiger partial charge in [0.2, 0.25) is 10.9 Å². The molecule has 1 aromatic carbocycles. The molecule has 3 rings (SSSR count). The summed E-state index contributed by atoms with van der Waals surface area (Å²) in [6.45, 7) is 4.74. The standard InChI is InChI=1S/C23H33IO11S/c1-9-14(22(28)36-20-11(3)34-13(26)7-12(20)25)17(30-4)19(31-5)18(15(9)24)35-23(29)8-33-10(2)16(27)21(23)32-6/h10-13,16,20-21,25-27,29H,7-8H2,1-6H3. The number of carbonyl (C=O) groups excluding carboxylic acids is 1. The van der Waals surface area contributed by atoms with Crippen molar-refractivity contribution >= 4 is 39.5 Å². The lowest BCUT2D eigenvalue weighted by molar-refractivity contribution is -0.307. The molecule has 0 saturated carbocycles.